The summed E-state index contributed by atoms with van der Waals surface area (Å²) in [5.41, 5.74) is 3.49. The van der Waals surface area contributed by atoms with Crippen molar-refractivity contribution in [3.63, 3.8) is 0 Å². The maximum absolute atomic E-state index is 2.42. The monoisotopic (exact) mass is 294 g/mol. The van der Waals surface area contributed by atoms with E-state index in [-0.39, 0.29) is 10.8 Å². The van der Waals surface area contributed by atoms with Crippen molar-refractivity contribution in [2.75, 3.05) is 0 Å². The summed E-state index contributed by atoms with van der Waals surface area (Å²) < 4.78 is 0. The predicted octanol–water partition coefficient (Wildman–Crippen LogP) is 6.50. The molecule has 0 aliphatic carbocycles. The van der Waals surface area contributed by atoms with Gasteiger partial charge < -0.3 is 0 Å². The third-order valence-corrected chi connectivity index (χ3v) is 5.73. The zero-order valence-corrected chi connectivity index (χ0v) is 14.6. The van der Waals surface area contributed by atoms with Crippen LogP contribution in [0.25, 0.3) is 0 Å². The molecule has 2 aromatic rings. The van der Waals surface area contributed by atoms with Gasteiger partial charge in [0, 0.05) is 0 Å². The quantitative estimate of drug-likeness (QED) is 0.546. The van der Waals surface area contributed by atoms with E-state index in [1.54, 1.807) is 0 Å². The molecule has 0 aromatic heterocycles. The van der Waals surface area contributed by atoms with Crippen molar-refractivity contribution < 1.29 is 0 Å². The van der Waals surface area contributed by atoms with E-state index < -0.39 is 0 Å². The van der Waals surface area contributed by atoms with E-state index in [4.69, 9.17) is 0 Å². The third-order valence-electron chi connectivity index (χ3n) is 5.73. The molecule has 0 spiro atoms. The minimum absolute atomic E-state index is 0.270. The first kappa shape index (κ1) is 16.8. The highest BCUT2D eigenvalue weighted by Crippen LogP contribution is 2.39. The van der Waals surface area contributed by atoms with E-state index in [1.165, 1.54) is 36.8 Å². The van der Waals surface area contributed by atoms with Gasteiger partial charge in [-0.05, 0) is 47.6 Å². The van der Waals surface area contributed by atoms with Gasteiger partial charge in [0.15, 0.2) is 0 Å². The number of hydrogen-bond donors (Lipinski definition) is 0. The molecule has 0 radical (unpaired) electrons. The fourth-order valence-corrected chi connectivity index (χ4v) is 3.28. The summed E-state index contributed by atoms with van der Waals surface area (Å²) >= 11 is 0. The van der Waals surface area contributed by atoms with E-state index in [2.05, 4.69) is 88.4 Å². The highest BCUT2D eigenvalue weighted by atomic mass is 14.3. The molecule has 2 unspecified atom stereocenters. The zero-order chi connectivity index (χ0) is 16.1. The van der Waals surface area contributed by atoms with E-state index in [0.717, 1.165) is 0 Å². The van der Waals surface area contributed by atoms with E-state index >= 15 is 0 Å². The van der Waals surface area contributed by atoms with E-state index in [1.807, 2.05) is 0 Å². The SMILES string of the molecule is CCC(C)(CCC(C)(CC)c1ccccc1)c1ccccc1. The molecule has 0 aliphatic rings. The van der Waals surface area contributed by atoms with E-state index in [0.29, 0.717) is 0 Å². The molecule has 2 aromatic carbocycles. The first-order valence-corrected chi connectivity index (χ1v) is 8.65. The van der Waals surface area contributed by atoms with Gasteiger partial charge in [0.1, 0.15) is 0 Å². The zero-order valence-electron chi connectivity index (χ0n) is 14.6. The molecule has 2 rings (SSSR count). The lowest BCUT2D eigenvalue weighted by atomic mass is 9.69. The Morgan fingerprint density at radius 1 is 0.591 bits per heavy atom. The molecule has 22 heavy (non-hydrogen) atoms. The molecular weight excluding hydrogens is 264 g/mol. The molecule has 0 saturated heterocycles. The Hall–Kier alpha value is -1.56. The second-order valence-electron chi connectivity index (χ2n) is 7.06. The molecule has 0 heteroatoms. The van der Waals surface area contributed by atoms with Crippen molar-refractivity contribution in [3.8, 4) is 0 Å². The van der Waals surface area contributed by atoms with Crippen molar-refractivity contribution >= 4 is 0 Å². The second kappa shape index (κ2) is 7.13. The summed E-state index contributed by atoms with van der Waals surface area (Å²) in [6.07, 6.45) is 4.83. The lowest BCUT2D eigenvalue weighted by molar-refractivity contribution is 0.323. The maximum Gasteiger partial charge on any atom is -0.00776 e. The first-order chi connectivity index (χ1) is 10.5. The summed E-state index contributed by atoms with van der Waals surface area (Å²) in [6, 6.07) is 22.0. The number of rotatable bonds is 7. The number of hydrogen-bond acceptors (Lipinski definition) is 0. The van der Waals surface area contributed by atoms with Gasteiger partial charge in [-0.15, -0.1) is 0 Å². The standard InChI is InChI=1S/C22H30/c1-5-21(3,19-13-9-7-10-14-19)17-18-22(4,6-2)20-15-11-8-12-16-20/h7-16H,5-6,17-18H2,1-4H3. The Kier molecular flexibility index (Phi) is 5.45. The topological polar surface area (TPSA) is 0 Å². The predicted molar refractivity (Wildman–Crippen MR) is 97.4 cm³/mol. The molecule has 118 valence electrons. The third kappa shape index (κ3) is 3.61. The maximum atomic E-state index is 2.42. The Labute approximate surface area is 136 Å². The Balaban J connectivity index is 2.18. The van der Waals surface area contributed by atoms with Gasteiger partial charge in [0.2, 0.25) is 0 Å². The Morgan fingerprint density at radius 3 is 1.18 bits per heavy atom. The van der Waals surface area contributed by atoms with Crippen LogP contribution in [0.15, 0.2) is 60.7 Å². The summed E-state index contributed by atoms with van der Waals surface area (Å²) in [4.78, 5) is 0. The molecule has 2 atom stereocenters. The summed E-state index contributed by atoms with van der Waals surface area (Å²) in [5, 5.41) is 0. The van der Waals surface area contributed by atoms with Crippen LogP contribution in [0.3, 0.4) is 0 Å². The van der Waals surface area contributed by atoms with Gasteiger partial charge in [-0.1, -0.05) is 88.4 Å². The van der Waals surface area contributed by atoms with Crippen LogP contribution in [-0.2, 0) is 10.8 Å². The molecule has 0 saturated carbocycles. The molecule has 0 amide bonds. The minimum atomic E-state index is 0.270. The van der Waals surface area contributed by atoms with Gasteiger partial charge in [-0.2, -0.15) is 0 Å². The molecule has 0 nitrogen and oxygen atoms in total. The van der Waals surface area contributed by atoms with Crippen LogP contribution in [0.2, 0.25) is 0 Å². The van der Waals surface area contributed by atoms with Crippen molar-refractivity contribution in [2.24, 2.45) is 0 Å². The highest BCUT2D eigenvalue weighted by Gasteiger charge is 2.30. The highest BCUT2D eigenvalue weighted by molar-refractivity contribution is 5.27. The van der Waals surface area contributed by atoms with Crippen LogP contribution in [0.4, 0.5) is 0 Å². The van der Waals surface area contributed by atoms with E-state index in [9.17, 15) is 0 Å². The number of benzene rings is 2. The molecular formula is C22H30. The lowest BCUT2D eigenvalue weighted by Gasteiger charge is -2.36. The molecule has 0 fully saturated rings. The normalized spacial score (nSPS) is 16.7. The van der Waals surface area contributed by atoms with Crippen LogP contribution in [0, 0.1) is 0 Å². The molecule has 0 heterocycles. The van der Waals surface area contributed by atoms with Gasteiger partial charge in [0.05, 0.1) is 0 Å². The van der Waals surface area contributed by atoms with Crippen molar-refractivity contribution in [1.29, 1.82) is 0 Å². The Morgan fingerprint density at radius 2 is 0.909 bits per heavy atom. The summed E-state index contributed by atoms with van der Waals surface area (Å²) in [5.74, 6) is 0. The van der Waals surface area contributed by atoms with Gasteiger partial charge in [-0.3, -0.25) is 0 Å². The van der Waals surface area contributed by atoms with Gasteiger partial charge in [-0.25, -0.2) is 0 Å². The molecule has 0 aliphatic heterocycles. The van der Waals surface area contributed by atoms with Gasteiger partial charge in [0.25, 0.3) is 0 Å². The Bertz CT molecular complexity index is 504. The summed E-state index contributed by atoms with van der Waals surface area (Å²) in [7, 11) is 0. The second-order valence-corrected chi connectivity index (χ2v) is 7.06. The smallest absolute Gasteiger partial charge is 0.00776 e. The first-order valence-electron chi connectivity index (χ1n) is 8.65. The van der Waals surface area contributed by atoms with Crippen molar-refractivity contribution in [1.82, 2.24) is 0 Å². The average Bonchev–Trinajstić information content (AvgIpc) is 2.61. The lowest BCUT2D eigenvalue weighted by Crippen LogP contribution is -2.28. The van der Waals surface area contributed by atoms with Gasteiger partial charge >= 0.3 is 0 Å². The minimum Gasteiger partial charge on any atom is -0.0645 e. The van der Waals surface area contributed by atoms with Crippen LogP contribution < -0.4 is 0 Å². The van der Waals surface area contributed by atoms with Crippen molar-refractivity contribution in [3.05, 3.63) is 71.8 Å². The van der Waals surface area contributed by atoms with Crippen LogP contribution >= 0.6 is 0 Å². The molecule has 0 bridgehead atoms. The van der Waals surface area contributed by atoms with Crippen LogP contribution in [-0.4, -0.2) is 0 Å². The average molecular weight is 294 g/mol. The largest absolute Gasteiger partial charge is 0.0645 e. The fourth-order valence-electron chi connectivity index (χ4n) is 3.28. The fraction of sp³-hybridized carbons (Fsp3) is 0.455. The molecule has 0 N–H and O–H groups in total. The van der Waals surface area contributed by atoms with Crippen LogP contribution in [0.1, 0.15) is 64.5 Å². The van der Waals surface area contributed by atoms with Crippen LogP contribution in [0.5, 0.6) is 0 Å². The van der Waals surface area contributed by atoms with Crippen molar-refractivity contribution in [2.45, 2.75) is 64.2 Å². The summed E-state index contributed by atoms with van der Waals surface area (Å²) in [6.45, 7) is 9.48.